The van der Waals surface area contributed by atoms with Crippen molar-refractivity contribution in [2.45, 2.75) is 37.7 Å². The number of methoxy groups -OCH3 is 1. The minimum Gasteiger partial charge on any atom is -0.487 e. The Kier molecular flexibility index (Phi) is 7.10. The molecule has 6 nitrogen and oxygen atoms in total. The van der Waals surface area contributed by atoms with Crippen LogP contribution in [0.4, 0.5) is 0 Å². The number of halogens is 1. The predicted octanol–water partition coefficient (Wildman–Crippen LogP) is 2.42. The van der Waals surface area contributed by atoms with Crippen LogP contribution in [-0.2, 0) is 14.8 Å². The van der Waals surface area contributed by atoms with Crippen LogP contribution in [0.25, 0.3) is 0 Å². The number of ether oxygens (including phenoxy) is 2. The molecule has 1 heterocycles. The first-order valence-electron chi connectivity index (χ1n) is 8.41. The van der Waals surface area contributed by atoms with E-state index in [0.29, 0.717) is 18.2 Å². The summed E-state index contributed by atoms with van der Waals surface area (Å²) in [6, 6.07) is 4.61. The zero-order valence-electron chi connectivity index (χ0n) is 15.0. The van der Waals surface area contributed by atoms with Crippen molar-refractivity contribution in [1.82, 2.24) is 10.0 Å². The molecule has 1 fully saturated rings. The SMILES string of the molecule is COCC(C)Oc1ccc(Cl)cc1S(=O)(=O)NCC1(C)CCNCC1. The smallest absolute Gasteiger partial charge is 0.244 e. The molecule has 0 aromatic heterocycles. The van der Waals surface area contributed by atoms with Gasteiger partial charge in [-0.15, -0.1) is 0 Å². The molecule has 25 heavy (non-hydrogen) atoms. The molecular formula is C17H27ClN2O4S. The molecule has 1 aliphatic heterocycles. The monoisotopic (exact) mass is 390 g/mol. The lowest BCUT2D eigenvalue weighted by Gasteiger charge is -2.34. The summed E-state index contributed by atoms with van der Waals surface area (Å²) in [7, 11) is -2.16. The van der Waals surface area contributed by atoms with Crippen molar-refractivity contribution in [2.75, 3.05) is 33.4 Å². The molecule has 1 aromatic rings. The molecule has 0 aliphatic carbocycles. The van der Waals surface area contributed by atoms with Crippen LogP contribution in [0, 0.1) is 5.41 Å². The Labute approximate surface area is 155 Å². The molecule has 0 amide bonds. The van der Waals surface area contributed by atoms with Crippen LogP contribution in [0.5, 0.6) is 5.75 Å². The zero-order chi connectivity index (χ0) is 18.5. The van der Waals surface area contributed by atoms with Crippen molar-refractivity contribution >= 4 is 21.6 Å². The summed E-state index contributed by atoms with van der Waals surface area (Å²) in [5.41, 5.74) is -0.0543. The fraction of sp³-hybridized carbons (Fsp3) is 0.647. The zero-order valence-corrected chi connectivity index (χ0v) is 16.5. The minimum atomic E-state index is -3.73. The number of piperidine rings is 1. The summed E-state index contributed by atoms with van der Waals surface area (Å²) >= 11 is 6.02. The molecule has 1 aromatic carbocycles. The average molecular weight is 391 g/mol. The Balaban J connectivity index is 2.18. The van der Waals surface area contributed by atoms with E-state index in [4.69, 9.17) is 21.1 Å². The van der Waals surface area contributed by atoms with Gasteiger partial charge >= 0.3 is 0 Å². The molecule has 0 bridgehead atoms. The first-order valence-corrected chi connectivity index (χ1v) is 10.3. The first kappa shape index (κ1) is 20.5. The van der Waals surface area contributed by atoms with Gasteiger partial charge in [0.05, 0.1) is 6.61 Å². The lowest BCUT2D eigenvalue weighted by Crippen LogP contribution is -2.42. The van der Waals surface area contributed by atoms with Crippen LogP contribution >= 0.6 is 11.6 Å². The fourth-order valence-electron chi connectivity index (χ4n) is 2.83. The largest absolute Gasteiger partial charge is 0.487 e. The van der Waals surface area contributed by atoms with Gasteiger partial charge in [-0.2, -0.15) is 0 Å². The van der Waals surface area contributed by atoms with E-state index < -0.39 is 10.0 Å². The highest BCUT2D eigenvalue weighted by Crippen LogP contribution is 2.30. The Bertz CT molecular complexity index is 675. The maximum atomic E-state index is 12.8. The standard InChI is InChI=1S/C17H27ClN2O4S/c1-13(11-23-3)24-15-5-4-14(18)10-16(15)25(21,22)20-12-17(2)6-8-19-9-7-17/h4-5,10,13,19-20H,6-9,11-12H2,1-3H3. The fourth-order valence-corrected chi connectivity index (χ4v) is 4.42. The quantitative estimate of drug-likeness (QED) is 0.712. The van der Waals surface area contributed by atoms with Gasteiger partial charge in [-0.05, 0) is 56.5 Å². The first-order chi connectivity index (χ1) is 11.8. The van der Waals surface area contributed by atoms with E-state index in [1.54, 1.807) is 19.2 Å². The molecule has 8 heteroatoms. The summed E-state index contributed by atoms with van der Waals surface area (Å²) in [5.74, 6) is 0.275. The molecule has 142 valence electrons. The lowest BCUT2D eigenvalue weighted by atomic mass is 9.81. The van der Waals surface area contributed by atoms with Crippen molar-refractivity contribution in [3.63, 3.8) is 0 Å². The second-order valence-electron chi connectivity index (χ2n) is 6.86. The Morgan fingerprint density at radius 1 is 1.36 bits per heavy atom. The maximum absolute atomic E-state index is 12.8. The van der Waals surface area contributed by atoms with Gasteiger partial charge in [-0.1, -0.05) is 18.5 Å². The van der Waals surface area contributed by atoms with Crippen molar-refractivity contribution in [2.24, 2.45) is 5.41 Å². The van der Waals surface area contributed by atoms with E-state index in [2.05, 4.69) is 17.0 Å². The minimum absolute atomic E-state index is 0.0543. The molecule has 1 unspecified atom stereocenters. The summed E-state index contributed by atoms with van der Waals surface area (Å²) in [4.78, 5) is 0.0560. The number of hydrogen-bond acceptors (Lipinski definition) is 5. The third-order valence-electron chi connectivity index (χ3n) is 4.42. The Hall–Kier alpha value is -0.860. The van der Waals surface area contributed by atoms with Crippen molar-refractivity contribution in [1.29, 1.82) is 0 Å². The number of nitrogens with one attached hydrogen (secondary N) is 2. The predicted molar refractivity (Wildman–Crippen MR) is 98.8 cm³/mol. The highest BCUT2D eigenvalue weighted by atomic mass is 35.5. The lowest BCUT2D eigenvalue weighted by molar-refractivity contribution is 0.0901. The number of hydrogen-bond donors (Lipinski definition) is 2. The van der Waals surface area contributed by atoms with Crippen LogP contribution in [0.3, 0.4) is 0 Å². The van der Waals surface area contributed by atoms with E-state index in [1.807, 2.05) is 6.92 Å². The maximum Gasteiger partial charge on any atom is 0.244 e. The van der Waals surface area contributed by atoms with Crippen LogP contribution < -0.4 is 14.8 Å². The van der Waals surface area contributed by atoms with Gasteiger partial charge in [0.25, 0.3) is 0 Å². The second kappa shape index (κ2) is 8.68. The van der Waals surface area contributed by atoms with E-state index in [0.717, 1.165) is 25.9 Å². The summed E-state index contributed by atoms with van der Waals surface area (Å²) in [6.45, 7) is 6.47. The molecule has 1 aliphatic rings. The average Bonchev–Trinajstić information content (AvgIpc) is 2.56. The van der Waals surface area contributed by atoms with Gasteiger partial charge in [0.1, 0.15) is 16.7 Å². The third-order valence-corrected chi connectivity index (χ3v) is 6.08. The topological polar surface area (TPSA) is 76.7 Å². The highest BCUT2D eigenvalue weighted by Gasteiger charge is 2.30. The highest BCUT2D eigenvalue weighted by molar-refractivity contribution is 7.89. The summed E-state index contributed by atoms with van der Waals surface area (Å²) in [5, 5.41) is 3.64. The summed E-state index contributed by atoms with van der Waals surface area (Å²) < 4.78 is 39.2. The molecule has 2 N–H and O–H groups in total. The molecule has 1 saturated heterocycles. The van der Waals surface area contributed by atoms with Gasteiger partial charge in [0, 0.05) is 18.7 Å². The van der Waals surface area contributed by atoms with Crippen LogP contribution in [-0.4, -0.2) is 47.9 Å². The van der Waals surface area contributed by atoms with Gasteiger partial charge < -0.3 is 14.8 Å². The van der Waals surface area contributed by atoms with Gasteiger partial charge in [0.2, 0.25) is 10.0 Å². The van der Waals surface area contributed by atoms with Crippen LogP contribution in [0.15, 0.2) is 23.1 Å². The van der Waals surface area contributed by atoms with E-state index in [1.165, 1.54) is 6.07 Å². The Morgan fingerprint density at radius 3 is 2.68 bits per heavy atom. The number of sulfonamides is 1. The van der Waals surface area contributed by atoms with Crippen molar-refractivity contribution in [3.8, 4) is 5.75 Å². The van der Waals surface area contributed by atoms with Gasteiger partial charge in [0.15, 0.2) is 0 Å². The molecule has 1 atom stereocenters. The molecule has 0 spiro atoms. The van der Waals surface area contributed by atoms with E-state index in [9.17, 15) is 8.42 Å². The Morgan fingerprint density at radius 2 is 2.04 bits per heavy atom. The normalized spacial score (nSPS) is 18.7. The van der Waals surface area contributed by atoms with Crippen molar-refractivity contribution in [3.05, 3.63) is 23.2 Å². The third kappa shape index (κ3) is 5.82. The second-order valence-corrected chi connectivity index (χ2v) is 9.03. The van der Waals surface area contributed by atoms with Gasteiger partial charge in [-0.3, -0.25) is 0 Å². The summed E-state index contributed by atoms with van der Waals surface area (Å²) in [6.07, 6.45) is 1.58. The van der Waals surface area contributed by atoms with Gasteiger partial charge in [-0.25, -0.2) is 13.1 Å². The molecule has 2 rings (SSSR count). The van der Waals surface area contributed by atoms with Crippen LogP contribution in [0.1, 0.15) is 26.7 Å². The van der Waals surface area contributed by atoms with E-state index in [-0.39, 0.29) is 22.2 Å². The molecular weight excluding hydrogens is 364 g/mol. The molecule has 0 saturated carbocycles. The number of benzene rings is 1. The van der Waals surface area contributed by atoms with Crippen LogP contribution in [0.2, 0.25) is 5.02 Å². The van der Waals surface area contributed by atoms with E-state index >= 15 is 0 Å². The molecule has 0 radical (unpaired) electrons. The van der Waals surface area contributed by atoms with Crippen molar-refractivity contribution < 1.29 is 17.9 Å². The number of rotatable bonds is 8.